The number of aryl methyl sites for hydroxylation is 1. The van der Waals surface area contributed by atoms with Crippen LogP contribution in [0.2, 0.25) is 0 Å². The van der Waals surface area contributed by atoms with Gasteiger partial charge in [-0.2, -0.15) is 13.2 Å². The molecule has 0 saturated heterocycles. The van der Waals surface area contributed by atoms with Crippen molar-refractivity contribution in [2.24, 2.45) is 0 Å². The minimum Gasteiger partial charge on any atom is -0.388 e. The lowest BCUT2D eigenvalue weighted by atomic mass is 10.1. The van der Waals surface area contributed by atoms with Gasteiger partial charge in [-0.3, -0.25) is 9.20 Å². The molecule has 0 saturated carbocycles. The van der Waals surface area contributed by atoms with Crippen molar-refractivity contribution in [3.05, 3.63) is 99.8 Å². The standard InChI is InChI=1S/C25H19F3N4O2S/c1-15-6-12-18(13-7-15)31-22(34)19-4-2-3-5-20(19)32-23(31)29-30-24(32)35-14-21(33)16-8-10-17(11-9-16)25(26,27)28/h2-13,21,33H,14H2,1H3. The highest BCUT2D eigenvalue weighted by Gasteiger charge is 2.30. The van der Waals surface area contributed by atoms with E-state index in [1.807, 2.05) is 37.3 Å². The first-order valence-electron chi connectivity index (χ1n) is 10.7. The van der Waals surface area contributed by atoms with Crippen LogP contribution in [0, 0.1) is 6.92 Å². The summed E-state index contributed by atoms with van der Waals surface area (Å²) in [5.41, 5.74) is 1.67. The maximum absolute atomic E-state index is 13.3. The molecule has 0 bridgehead atoms. The molecule has 35 heavy (non-hydrogen) atoms. The number of aromatic nitrogens is 4. The van der Waals surface area contributed by atoms with Gasteiger partial charge in [0.05, 0.1) is 28.3 Å². The molecule has 0 amide bonds. The lowest BCUT2D eigenvalue weighted by Crippen LogP contribution is -2.21. The molecule has 0 spiro atoms. The second-order valence-electron chi connectivity index (χ2n) is 8.06. The molecule has 10 heteroatoms. The molecule has 1 N–H and O–H groups in total. The van der Waals surface area contributed by atoms with Crippen LogP contribution in [0.15, 0.2) is 82.7 Å². The van der Waals surface area contributed by atoms with E-state index >= 15 is 0 Å². The van der Waals surface area contributed by atoms with Gasteiger partial charge in [-0.25, -0.2) is 4.57 Å². The fourth-order valence-corrected chi connectivity index (χ4v) is 4.75. The van der Waals surface area contributed by atoms with Crippen molar-refractivity contribution >= 4 is 28.4 Å². The highest BCUT2D eigenvalue weighted by atomic mass is 32.2. The summed E-state index contributed by atoms with van der Waals surface area (Å²) in [5.74, 6) is 0.452. The summed E-state index contributed by atoms with van der Waals surface area (Å²) in [5, 5.41) is 20.0. The SMILES string of the molecule is Cc1ccc(-n2c(=O)c3ccccc3n3c(SCC(O)c4ccc(C(F)(F)F)cc4)nnc23)cc1. The molecule has 6 nitrogen and oxygen atoms in total. The van der Waals surface area contributed by atoms with E-state index in [2.05, 4.69) is 10.2 Å². The largest absolute Gasteiger partial charge is 0.416 e. The fraction of sp³-hybridized carbons (Fsp3) is 0.160. The number of thioether (sulfide) groups is 1. The molecule has 2 aromatic heterocycles. The molecule has 1 unspecified atom stereocenters. The zero-order valence-electron chi connectivity index (χ0n) is 18.4. The first-order chi connectivity index (χ1) is 16.7. The second-order valence-corrected chi connectivity index (χ2v) is 9.04. The third kappa shape index (κ3) is 4.30. The lowest BCUT2D eigenvalue weighted by molar-refractivity contribution is -0.137. The zero-order chi connectivity index (χ0) is 24.7. The third-order valence-corrected chi connectivity index (χ3v) is 6.68. The lowest BCUT2D eigenvalue weighted by Gasteiger charge is -2.13. The Morgan fingerprint density at radius 3 is 2.34 bits per heavy atom. The predicted octanol–water partition coefficient (Wildman–Crippen LogP) is 5.19. The Morgan fingerprint density at radius 1 is 0.971 bits per heavy atom. The van der Waals surface area contributed by atoms with Crippen molar-refractivity contribution in [2.45, 2.75) is 24.4 Å². The van der Waals surface area contributed by atoms with E-state index in [4.69, 9.17) is 0 Å². The summed E-state index contributed by atoms with van der Waals surface area (Å²) >= 11 is 1.20. The monoisotopic (exact) mass is 496 g/mol. The van der Waals surface area contributed by atoms with Gasteiger partial charge in [0.1, 0.15) is 0 Å². The van der Waals surface area contributed by atoms with Gasteiger partial charge >= 0.3 is 6.18 Å². The van der Waals surface area contributed by atoms with Crippen LogP contribution in [0.3, 0.4) is 0 Å². The van der Waals surface area contributed by atoms with Crippen LogP contribution in [0.4, 0.5) is 13.2 Å². The molecule has 0 aliphatic heterocycles. The summed E-state index contributed by atoms with van der Waals surface area (Å²) in [6.45, 7) is 1.95. The average molecular weight is 497 g/mol. The Labute approximate surface area is 201 Å². The summed E-state index contributed by atoms with van der Waals surface area (Å²) in [6, 6.07) is 19.0. The number of fused-ring (bicyclic) bond motifs is 3. The number of aliphatic hydroxyl groups excluding tert-OH is 1. The number of hydrogen-bond donors (Lipinski definition) is 1. The number of halogens is 3. The molecule has 5 aromatic rings. The van der Waals surface area contributed by atoms with Gasteiger partial charge < -0.3 is 5.11 Å². The Bertz CT molecular complexity index is 1580. The number of hydrogen-bond acceptors (Lipinski definition) is 5. The van der Waals surface area contributed by atoms with Crippen molar-refractivity contribution in [2.75, 3.05) is 5.75 Å². The van der Waals surface area contributed by atoms with Gasteiger partial charge in [0.15, 0.2) is 5.16 Å². The minimum absolute atomic E-state index is 0.129. The number of aliphatic hydroxyl groups is 1. The van der Waals surface area contributed by atoms with Crippen LogP contribution in [-0.4, -0.2) is 30.0 Å². The molecule has 1 atom stereocenters. The van der Waals surface area contributed by atoms with Crippen LogP contribution in [0.5, 0.6) is 0 Å². The van der Waals surface area contributed by atoms with Gasteiger partial charge in [0, 0.05) is 5.75 Å². The van der Waals surface area contributed by atoms with E-state index in [1.165, 1.54) is 28.5 Å². The van der Waals surface area contributed by atoms with Crippen LogP contribution in [0.1, 0.15) is 22.8 Å². The maximum atomic E-state index is 13.3. The average Bonchev–Trinajstić information content (AvgIpc) is 3.27. The van der Waals surface area contributed by atoms with E-state index in [1.54, 1.807) is 22.6 Å². The van der Waals surface area contributed by atoms with E-state index in [0.717, 1.165) is 17.7 Å². The van der Waals surface area contributed by atoms with Gasteiger partial charge in [-0.1, -0.05) is 53.7 Å². The number of benzene rings is 3. The smallest absolute Gasteiger partial charge is 0.388 e. The summed E-state index contributed by atoms with van der Waals surface area (Å²) < 4.78 is 41.7. The second kappa shape index (κ2) is 8.86. The number of alkyl halides is 3. The molecular formula is C25H19F3N4O2S. The zero-order valence-corrected chi connectivity index (χ0v) is 19.2. The Hall–Kier alpha value is -3.63. The Kier molecular flexibility index (Phi) is 5.86. The minimum atomic E-state index is -4.44. The van der Waals surface area contributed by atoms with Crippen LogP contribution in [-0.2, 0) is 6.18 Å². The quantitative estimate of drug-likeness (QED) is 0.339. The maximum Gasteiger partial charge on any atom is 0.416 e. The number of para-hydroxylation sites is 1. The molecule has 0 fully saturated rings. The van der Waals surface area contributed by atoms with E-state index < -0.39 is 17.8 Å². The molecule has 178 valence electrons. The highest BCUT2D eigenvalue weighted by Crippen LogP contribution is 2.31. The van der Waals surface area contributed by atoms with Crippen molar-refractivity contribution < 1.29 is 18.3 Å². The predicted molar refractivity (Wildman–Crippen MR) is 128 cm³/mol. The molecule has 2 heterocycles. The van der Waals surface area contributed by atoms with E-state index in [-0.39, 0.29) is 11.3 Å². The van der Waals surface area contributed by atoms with Crippen LogP contribution >= 0.6 is 11.8 Å². The van der Waals surface area contributed by atoms with Crippen molar-refractivity contribution in [3.8, 4) is 5.69 Å². The van der Waals surface area contributed by atoms with Crippen LogP contribution in [0.25, 0.3) is 22.4 Å². The summed E-state index contributed by atoms with van der Waals surface area (Å²) in [7, 11) is 0. The van der Waals surface area contributed by atoms with Crippen LogP contribution < -0.4 is 5.56 Å². The topological polar surface area (TPSA) is 72.4 Å². The van der Waals surface area contributed by atoms with Gasteiger partial charge in [0.25, 0.3) is 5.56 Å². The first-order valence-corrected chi connectivity index (χ1v) is 11.7. The van der Waals surface area contributed by atoms with Gasteiger partial charge in [-0.05, 0) is 48.9 Å². The molecule has 0 aliphatic carbocycles. The molecular weight excluding hydrogens is 477 g/mol. The van der Waals surface area contributed by atoms with Gasteiger partial charge in [0.2, 0.25) is 5.78 Å². The number of rotatable bonds is 5. The van der Waals surface area contributed by atoms with Crippen molar-refractivity contribution in [1.82, 2.24) is 19.2 Å². The van der Waals surface area contributed by atoms with Crippen molar-refractivity contribution in [3.63, 3.8) is 0 Å². The van der Waals surface area contributed by atoms with Crippen molar-refractivity contribution in [1.29, 1.82) is 0 Å². The Balaban J connectivity index is 1.53. The third-order valence-electron chi connectivity index (χ3n) is 5.68. The molecule has 3 aromatic carbocycles. The first kappa shape index (κ1) is 23.1. The molecule has 5 rings (SSSR count). The van der Waals surface area contributed by atoms with Gasteiger partial charge in [-0.15, -0.1) is 10.2 Å². The number of nitrogens with zero attached hydrogens (tertiary/aromatic N) is 4. The summed E-state index contributed by atoms with van der Waals surface area (Å²) in [4.78, 5) is 13.3. The normalized spacial score (nSPS) is 12.9. The van der Waals surface area contributed by atoms with E-state index in [0.29, 0.717) is 33.1 Å². The van der Waals surface area contributed by atoms with E-state index in [9.17, 15) is 23.1 Å². The Morgan fingerprint density at radius 2 is 1.66 bits per heavy atom. The fourth-order valence-electron chi connectivity index (χ4n) is 3.84. The molecule has 0 radical (unpaired) electrons. The highest BCUT2D eigenvalue weighted by molar-refractivity contribution is 7.99. The summed E-state index contributed by atoms with van der Waals surface area (Å²) in [6.07, 6.45) is -5.46. The molecule has 0 aliphatic rings.